The number of nitrogens with one attached hydrogen (secondary N) is 1. The Morgan fingerprint density at radius 2 is 2.12 bits per heavy atom. The maximum atomic E-state index is 5.85. The van der Waals surface area contributed by atoms with E-state index >= 15 is 0 Å². The van der Waals surface area contributed by atoms with Crippen LogP contribution in [0, 0.1) is 0 Å². The van der Waals surface area contributed by atoms with Crippen LogP contribution in [0.25, 0.3) is 0 Å². The van der Waals surface area contributed by atoms with Crippen LogP contribution in [0.5, 0.6) is 11.5 Å². The molecule has 3 nitrogen and oxygen atoms in total. The zero-order chi connectivity index (χ0) is 12.0. The van der Waals surface area contributed by atoms with Gasteiger partial charge in [0.05, 0.1) is 13.2 Å². The van der Waals surface area contributed by atoms with Gasteiger partial charge in [0.15, 0.2) is 0 Å². The molecule has 0 fully saturated rings. The van der Waals surface area contributed by atoms with Crippen LogP contribution in [0.2, 0.25) is 0 Å². The fourth-order valence-electron chi connectivity index (χ4n) is 1.43. The van der Waals surface area contributed by atoms with Crippen molar-refractivity contribution in [1.29, 1.82) is 0 Å². The van der Waals surface area contributed by atoms with E-state index in [0.29, 0.717) is 0 Å². The Bertz CT molecular complexity index is 326. The highest BCUT2D eigenvalue weighted by atomic mass is 16.5. The molecule has 3 heteroatoms. The molecule has 0 aliphatic heterocycles. The predicted octanol–water partition coefficient (Wildman–Crippen LogP) is 2.59. The summed E-state index contributed by atoms with van der Waals surface area (Å²) in [7, 11) is 3.60. The molecule has 0 bridgehead atoms. The van der Waals surface area contributed by atoms with Gasteiger partial charge < -0.3 is 14.8 Å². The Hall–Kier alpha value is -1.22. The average Bonchev–Trinajstić information content (AvgIpc) is 2.31. The third-order valence-electron chi connectivity index (χ3n) is 2.54. The Labute approximate surface area is 97.8 Å². The monoisotopic (exact) mass is 223 g/mol. The molecule has 1 unspecified atom stereocenters. The number of rotatable bonds is 6. The molecule has 0 aliphatic carbocycles. The van der Waals surface area contributed by atoms with Crippen molar-refractivity contribution in [2.45, 2.75) is 32.9 Å². The summed E-state index contributed by atoms with van der Waals surface area (Å²) < 4.78 is 11.1. The number of hydrogen-bond acceptors (Lipinski definition) is 3. The third-order valence-corrected chi connectivity index (χ3v) is 2.54. The summed E-state index contributed by atoms with van der Waals surface area (Å²) in [4.78, 5) is 0. The molecule has 90 valence electrons. The van der Waals surface area contributed by atoms with Crippen molar-refractivity contribution < 1.29 is 9.47 Å². The first-order valence-electron chi connectivity index (χ1n) is 5.69. The third kappa shape index (κ3) is 3.42. The Kier molecular flexibility index (Phi) is 5.12. The highest BCUT2D eigenvalue weighted by Gasteiger charge is 2.08. The fraction of sp³-hybridized carbons (Fsp3) is 0.538. The van der Waals surface area contributed by atoms with Crippen molar-refractivity contribution >= 4 is 0 Å². The van der Waals surface area contributed by atoms with Crippen molar-refractivity contribution in [2.24, 2.45) is 0 Å². The van der Waals surface area contributed by atoms with Gasteiger partial charge in [0.2, 0.25) is 0 Å². The number of hydrogen-bond donors (Lipinski definition) is 1. The van der Waals surface area contributed by atoms with Crippen LogP contribution in [0.4, 0.5) is 0 Å². The lowest BCUT2D eigenvalue weighted by atomic mass is 10.2. The van der Waals surface area contributed by atoms with Gasteiger partial charge in [0.25, 0.3) is 0 Å². The molecule has 1 aromatic carbocycles. The van der Waals surface area contributed by atoms with E-state index in [1.807, 2.05) is 25.2 Å². The quantitative estimate of drug-likeness (QED) is 0.804. The van der Waals surface area contributed by atoms with Crippen molar-refractivity contribution in [3.63, 3.8) is 0 Å². The van der Waals surface area contributed by atoms with Crippen molar-refractivity contribution in [3.8, 4) is 11.5 Å². The van der Waals surface area contributed by atoms with Gasteiger partial charge in [-0.3, -0.25) is 0 Å². The van der Waals surface area contributed by atoms with Crippen molar-refractivity contribution in [2.75, 3.05) is 14.2 Å². The molecule has 0 saturated heterocycles. The number of benzene rings is 1. The maximum absolute atomic E-state index is 5.85. The normalized spacial score (nSPS) is 12.2. The standard InChI is InChI=1S/C13H21NO2/c1-5-10(2)16-13-7-6-12(15-4)8-11(13)9-14-3/h6-8,10,14H,5,9H2,1-4H3. The van der Waals surface area contributed by atoms with Crippen LogP contribution >= 0.6 is 0 Å². The first-order chi connectivity index (χ1) is 7.71. The Morgan fingerprint density at radius 1 is 1.38 bits per heavy atom. The molecule has 0 amide bonds. The SMILES string of the molecule is CCC(C)Oc1ccc(OC)cc1CNC. The zero-order valence-electron chi connectivity index (χ0n) is 10.5. The minimum atomic E-state index is 0.240. The summed E-state index contributed by atoms with van der Waals surface area (Å²) in [6, 6.07) is 5.91. The lowest BCUT2D eigenvalue weighted by molar-refractivity contribution is 0.214. The summed E-state index contributed by atoms with van der Waals surface area (Å²) in [6.07, 6.45) is 1.24. The van der Waals surface area contributed by atoms with Gasteiger partial charge in [-0.25, -0.2) is 0 Å². The molecule has 1 N–H and O–H groups in total. The van der Waals surface area contributed by atoms with E-state index in [0.717, 1.165) is 30.0 Å². The van der Waals surface area contributed by atoms with E-state index in [2.05, 4.69) is 19.2 Å². The minimum absolute atomic E-state index is 0.240. The van der Waals surface area contributed by atoms with Crippen LogP contribution in [0.15, 0.2) is 18.2 Å². The summed E-state index contributed by atoms with van der Waals surface area (Å²) in [5.41, 5.74) is 1.13. The van der Waals surface area contributed by atoms with E-state index in [4.69, 9.17) is 9.47 Å². The lowest BCUT2D eigenvalue weighted by Crippen LogP contribution is -2.13. The lowest BCUT2D eigenvalue weighted by Gasteiger charge is -2.16. The van der Waals surface area contributed by atoms with E-state index in [9.17, 15) is 0 Å². The molecule has 16 heavy (non-hydrogen) atoms. The van der Waals surface area contributed by atoms with E-state index in [-0.39, 0.29) is 6.10 Å². The van der Waals surface area contributed by atoms with Crippen LogP contribution in [-0.2, 0) is 6.54 Å². The van der Waals surface area contributed by atoms with Gasteiger partial charge >= 0.3 is 0 Å². The van der Waals surface area contributed by atoms with Crippen LogP contribution in [0.1, 0.15) is 25.8 Å². The molecule has 0 spiro atoms. The average molecular weight is 223 g/mol. The second-order valence-corrected chi connectivity index (χ2v) is 3.84. The maximum Gasteiger partial charge on any atom is 0.124 e. The van der Waals surface area contributed by atoms with Gasteiger partial charge in [0, 0.05) is 12.1 Å². The Morgan fingerprint density at radius 3 is 2.69 bits per heavy atom. The highest BCUT2D eigenvalue weighted by molar-refractivity contribution is 5.40. The largest absolute Gasteiger partial charge is 0.497 e. The van der Waals surface area contributed by atoms with Gasteiger partial charge in [-0.1, -0.05) is 6.92 Å². The molecule has 0 saturated carbocycles. The first kappa shape index (κ1) is 12.8. The molecular formula is C13H21NO2. The summed E-state index contributed by atoms with van der Waals surface area (Å²) in [6.45, 7) is 4.97. The zero-order valence-corrected chi connectivity index (χ0v) is 10.5. The van der Waals surface area contributed by atoms with Crippen molar-refractivity contribution in [3.05, 3.63) is 23.8 Å². The molecular weight excluding hydrogens is 202 g/mol. The van der Waals surface area contributed by atoms with Gasteiger partial charge in [0.1, 0.15) is 11.5 Å². The molecule has 1 rings (SSSR count). The summed E-state index contributed by atoms with van der Waals surface area (Å²) >= 11 is 0. The minimum Gasteiger partial charge on any atom is -0.497 e. The first-order valence-corrected chi connectivity index (χ1v) is 5.69. The van der Waals surface area contributed by atoms with E-state index < -0.39 is 0 Å². The second kappa shape index (κ2) is 6.38. The summed E-state index contributed by atoms with van der Waals surface area (Å²) in [5.74, 6) is 1.80. The van der Waals surface area contributed by atoms with Gasteiger partial charge in [-0.05, 0) is 38.6 Å². The number of ether oxygens (including phenoxy) is 2. The van der Waals surface area contributed by atoms with Crippen LogP contribution < -0.4 is 14.8 Å². The molecule has 0 heterocycles. The second-order valence-electron chi connectivity index (χ2n) is 3.84. The van der Waals surface area contributed by atoms with Crippen LogP contribution in [0.3, 0.4) is 0 Å². The fourth-order valence-corrected chi connectivity index (χ4v) is 1.43. The van der Waals surface area contributed by atoms with Gasteiger partial charge in [-0.2, -0.15) is 0 Å². The predicted molar refractivity (Wildman–Crippen MR) is 66.1 cm³/mol. The molecule has 1 atom stereocenters. The summed E-state index contributed by atoms with van der Waals surface area (Å²) in [5, 5.41) is 3.13. The Balaban J connectivity index is 2.88. The van der Waals surface area contributed by atoms with E-state index in [1.54, 1.807) is 7.11 Å². The molecule has 1 aromatic rings. The topological polar surface area (TPSA) is 30.5 Å². The van der Waals surface area contributed by atoms with Crippen molar-refractivity contribution in [1.82, 2.24) is 5.32 Å². The number of methoxy groups -OCH3 is 1. The van der Waals surface area contributed by atoms with E-state index in [1.165, 1.54) is 0 Å². The van der Waals surface area contributed by atoms with Crippen LogP contribution in [-0.4, -0.2) is 20.3 Å². The molecule has 0 aliphatic rings. The smallest absolute Gasteiger partial charge is 0.124 e. The van der Waals surface area contributed by atoms with Gasteiger partial charge in [-0.15, -0.1) is 0 Å². The highest BCUT2D eigenvalue weighted by Crippen LogP contribution is 2.25. The molecule has 0 aromatic heterocycles. The molecule has 0 radical (unpaired) electrons.